The standard InChI is InChI=1S/C9H13NO3S/c1-3-6-7(8-12-4-5-13-8)10-9(11-2)14-6/h8H,3-5H2,1-2H3. The van der Waals surface area contributed by atoms with E-state index >= 15 is 0 Å². The number of nitrogens with zero attached hydrogens (tertiary/aromatic N) is 1. The fourth-order valence-corrected chi connectivity index (χ4v) is 2.21. The Morgan fingerprint density at radius 2 is 2.21 bits per heavy atom. The summed E-state index contributed by atoms with van der Waals surface area (Å²) in [5.74, 6) is 0. The molecule has 1 fully saturated rings. The van der Waals surface area contributed by atoms with Crippen LogP contribution in [0, 0.1) is 0 Å². The summed E-state index contributed by atoms with van der Waals surface area (Å²) in [5.41, 5.74) is 0.881. The van der Waals surface area contributed by atoms with Gasteiger partial charge < -0.3 is 14.2 Å². The van der Waals surface area contributed by atoms with Crippen molar-refractivity contribution < 1.29 is 14.2 Å². The van der Waals surface area contributed by atoms with Crippen molar-refractivity contribution in [2.45, 2.75) is 19.6 Å². The lowest BCUT2D eigenvalue weighted by atomic mass is 10.3. The zero-order valence-corrected chi connectivity index (χ0v) is 9.10. The van der Waals surface area contributed by atoms with E-state index in [1.807, 2.05) is 0 Å². The summed E-state index contributed by atoms with van der Waals surface area (Å²) in [5, 5.41) is 0.677. The summed E-state index contributed by atoms with van der Waals surface area (Å²) in [7, 11) is 1.62. The summed E-state index contributed by atoms with van der Waals surface area (Å²) in [4.78, 5) is 5.50. The predicted molar refractivity (Wildman–Crippen MR) is 52.7 cm³/mol. The van der Waals surface area contributed by atoms with E-state index in [9.17, 15) is 0 Å². The fraction of sp³-hybridized carbons (Fsp3) is 0.667. The first-order chi connectivity index (χ1) is 6.85. The van der Waals surface area contributed by atoms with Crippen molar-refractivity contribution in [2.75, 3.05) is 20.3 Å². The first-order valence-corrected chi connectivity index (χ1v) is 5.43. The maximum atomic E-state index is 5.41. The van der Waals surface area contributed by atoms with Gasteiger partial charge in [-0.1, -0.05) is 18.3 Å². The highest BCUT2D eigenvalue weighted by atomic mass is 32.1. The smallest absolute Gasteiger partial charge is 0.273 e. The van der Waals surface area contributed by atoms with Crippen LogP contribution in [-0.4, -0.2) is 25.3 Å². The maximum Gasteiger partial charge on any atom is 0.273 e. The number of methoxy groups -OCH3 is 1. The lowest BCUT2D eigenvalue weighted by Gasteiger charge is -2.06. The van der Waals surface area contributed by atoms with Gasteiger partial charge in [0.2, 0.25) is 6.29 Å². The van der Waals surface area contributed by atoms with Crippen LogP contribution in [0.2, 0.25) is 0 Å². The second kappa shape index (κ2) is 4.25. The topological polar surface area (TPSA) is 40.6 Å². The Morgan fingerprint density at radius 1 is 1.50 bits per heavy atom. The fourth-order valence-electron chi connectivity index (χ4n) is 1.38. The molecule has 0 unspecified atom stereocenters. The molecule has 2 rings (SSSR count). The van der Waals surface area contributed by atoms with Crippen LogP contribution in [0.5, 0.6) is 5.19 Å². The summed E-state index contributed by atoms with van der Waals surface area (Å²) in [6.07, 6.45) is 0.643. The van der Waals surface area contributed by atoms with Gasteiger partial charge in [0.1, 0.15) is 5.69 Å². The van der Waals surface area contributed by atoms with E-state index in [0.717, 1.165) is 12.1 Å². The molecule has 1 aromatic rings. The molecule has 0 bridgehead atoms. The minimum absolute atomic E-state index is 0.287. The van der Waals surface area contributed by atoms with Crippen LogP contribution >= 0.6 is 11.3 Å². The van der Waals surface area contributed by atoms with Crippen LogP contribution < -0.4 is 4.74 Å². The van der Waals surface area contributed by atoms with Crippen LogP contribution in [0.3, 0.4) is 0 Å². The molecule has 2 heterocycles. The molecule has 1 aliphatic heterocycles. The third kappa shape index (κ3) is 1.75. The lowest BCUT2D eigenvalue weighted by Crippen LogP contribution is -2.01. The summed E-state index contributed by atoms with van der Waals surface area (Å²) in [6.45, 7) is 3.38. The molecular formula is C9H13NO3S. The summed E-state index contributed by atoms with van der Waals surface area (Å²) < 4.78 is 15.9. The number of aryl methyl sites for hydroxylation is 1. The van der Waals surface area contributed by atoms with E-state index in [4.69, 9.17) is 14.2 Å². The molecule has 5 heteroatoms. The molecule has 14 heavy (non-hydrogen) atoms. The van der Waals surface area contributed by atoms with E-state index in [1.54, 1.807) is 18.4 Å². The van der Waals surface area contributed by atoms with Crippen LogP contribution in [0.25, 0.3) is 0 Å². The molecule has 0 atom stereocenters. The molecule has 0 aromatic carbocycles. The molecule has 1 aromatic heterocycles. The Morgan fingerprint density at radius 3 is 2.79 bits per heavy atom. The number of rotatable bonds is 3. The molecular weight excluding hydrogens is 202 g/mol. The molecule has 0 radical (unpaired) electrons. The van der Waals surface area contributed by atoms with E-state index < -0.39 is 0 Å². The van der Waals surface area contributed by atoms with Crippen molar-refractivity contribution in [2.24, 2.45) is 0 Å². The van der Waals surface area contributed by atoms with Crippen molar-refractivity contribution in [1.29, 1.82) is 0 Å². The normalized spacial score (nSPS) is 17.6. The molecule has 0 spiro atoms. The van der Waals surface area contributed by atoms with Crippen molar-refractivity contribution in [3.63, 3.8) is 0 Å². The number of hydrogen-bond acceptors (Lipinski definition) is 5. The second-order valence-corrected chi connectivity index (χ2v) is 3.97. The quantitative estimate of drug-likeness (QED) is 0.770. The van der Waals surface area contributed by atoms with Gasteiger partial charge in [-0.2, -0.15) is 0 Å². The average Bonchev–Trinajstić information content (AvgIpc) is 2.85. The molecule has 1 aliphatic rings. The number of ether oxygens (including phenoxy) is 3. The Hall–Kier alpha value is -0.650. The summed E-state index contributed by atoms with van der Waals surface area (Å²) >= 11 is 1.55. The van der Waals surface area contributed by atoms with Crippen LogP contribution in [0.4, 0.5) is 0 Å². The van der Waals surface area contributed by atoms with Gasteiger partial charge in [-0.05, 0) is 6.42 Å². The van der Waals surface area contributed by atoms with Crippen molar-refractivity contribution >= 4 is 11.3 Å². The molecule has 0 saturated carbocycles. The van der Waals surface area contributed by atoms with Crippen molar-refractivity contribution in [3.05, 3.63) is 10.6 Å². The molecule has 1 saturated heterocycles. The highest BCUT2D eigenvalue weighted by Gasteiger charge is 2.25. The predicted octanol–water partition coefficient (Wildman–Crippen LogP) is 1.76. The van der Waals surface area contributed by atoms with E-state index in [0.29, 0.717) is 18.4 Å². The van der Waals surface area contributed by atoms with Gasteiger partial charge in [-0.15, -0.1) is 0 Å². The minimum Gasteiger partial charge on any atom is -0.473 e. The highest BCUT2D eigenvalue weighted by Crippen LogP contribution is 2.33. The van der Waals surface area contributed by atoms with Crippen LogP contribution in [-0.2, 0) is 15.9 Å². The molecule has 4 nitrogen and oxygen atoms in total. The SMILES string of the molecule is CCc1sc(OC)nc1C1OCCO1. The maximum absolute atomic E-state index is 5.41. The Kier molecular flexibility index (Phi) is 3.00. The van der Waals surface area contributed by atoms with E-state index in [-0.39, 0.29) is 6.29 Å². The summed E-state index contributed by atoms with van der Waals surface area (Å²) in [6, 6.07) is 0. The molecule has 0 amide bonds. The van der Waals surface area contributed by atoms with Gasteiger partial charge in [0.15, 0.2) is 0 Å². The Balaban J connectivity index is 2.25. The van der Waals surface area contributed by atoms with E-state index in [2.05, 4.69) is 11.9 Å². The van der Waals surface area contributed by atoms with Gasteiger partial charge in [0.25, 0.3) is 5.19 Å². The third-order valence-corrected chi connectivity index (χ3v) is 3.23. The Labute approximate surface area is 86.8 Å². The lowest BCUT2D eigenvalue weighted by molar-refractivity contribution is -0.0476. The zero-order chi connectivity index (χ0) is 9.97. The van der Waals surface area contributed by atoms with Crippen LogP contribution in [0.15, 0.2) is 0 Å². The van der Waals surface area contributed by atoms with Gasteiger partial charge in [-0.25, -0.2) is 4.98 Å². The first kappa shape index (κ1) is 9.89. The van der Waals surface area contributed by atoms with Gasteiger partial charge >= 0.3 is 0 Å². The Bertz CT molecular complexity index is 307. The zero-order valence-electron chi connectivity index (χ0n) is 8.28. The van der Waals surface area contributed by atoms with Gasteiger partial charge in [0.05, 0.1) is 20.3 Å². The number of hydrogen-bond donors (Lipinski definition) is 0. The highest BCUT2D eigenvalue weighted by molar-refractivity contribution is 7.13. The molecule has 78 valence electrons. The van der Waals surface area contributed by atoms with Gasteiger partial charge in [-0.3, -0.25) is 0 Å². The number of thiazole rings is 1. The third-order valence-electron chi connectivity index (χ3n) is 2.05. The van der Waals surface area contributed by atoms with Crippen LogP contribution in [0.1, 0.15) is 23.8 Å². The minimum atomic E-state index is -0.287. The van der Waals surface area contributed by atoms with Crippen molar-refractivity contribution in [3.8, 4) is 5.19 Å². The van der Waals surface area contributed by atoms with E-state index in [1.165, 1.54) is 4.88 Å². The average molecular weight is 215 g/mol. The van der Waals surface area contributed by atoms with Crippen molar-refractivity contribution in [1.82, 2.24) is 4.98 Å². The second-order valence-electron chi connectivity index (χ2n) is 2.92. The molecule has 0 N–H and O–H groups in total. The monoisotopic (exact) mass is 215 g/mol. The largest absolute Gasteiger partial charge is 0.473 e. The molecule has 0 aliphatic carbocycles. The first-order valence-electron chi connectivity index (χ1n) is 4.62. The number of aromatic nitrogens is 1. The van der Waals surface area contributed by atoms with Gasteiger partial charge in [0, 0.05) is 4.88 Å².